The SMILES string of the molecule is CCCCC[N+](N)(CCC)C(O)(CC)CCC. The molecule has 0 aliphatic heterocycles. The summed E-state index contributed by atoms with van der Waals surface area (Å²) in [6.45, 7) is 10.3. The Hall–Kier alpha value is -0.120. The first-order valence-electron chi connectivity index (χ1n) is 7.37. The van der Waals surface area contributed by atoms with Crippen molar-refractivity contribution < 1.29 is 9.70 Å². The maximum Gasteiger partial charge on any atom is 0.217 e. The number of nitrogens with two attached hydrogens (primary N) is 1. The van der Waals surface area contributed by atoms with Gasteiger partial charge in [-0.2, -0.15) is 5.84 Å². The van der Waals surface area contributed by atoms with Crippen molar-refractivity contribution in [2.75, 3.05) is 13.1 Å². The van der Waals surface area contributed by atoms with Gasteiger partial charge in [0.05, 0.1) is 13.1 Å². The number of quaternary nitrogens is 1. The van der Waals surface area contributed by atoms with Gasteiger partial charge in [-0.15, -0.1) is 0 Å². The lowest BCUT2D eigenvalue weighted by atomic mass is 10.00. The normalized spacial score (nSPS) is 18.7. The minimum absolute atomic E-state index is 0.341. The van der Waals surface area contributed by atoms with Gasteiger partial charge in [0.1, 0.15) is 0 Å². The van der Waals surface area contributed by atoms with Gasteiger partial charge in [-0.25, -0.2) is 4.59 Å². The molecule has 0 radical (unpaired) electrons. The van der Waals surface area contributed by atoms with Crippen molar-refractivity contribution in [1.29, 1.82) is 0 Å². The van der Waals surface area contributed by atoms with Crippen LogP contribution in [0, 0.1) is 0 Å². The zero-order valence-corrected chi connectivity index (χ0v) is 12.3. The molecule has 0 aromatic carbocycles. The molecule has 0 saturated heterocycles. The van der Waals surface area contributed by atoms with Crippen LogP contribution in [0.4, 0.5) is 0 Å². The molecule has 3 N–H and O–H groups in total. The number of nitrogens with zero attached hydrogens (tertiary/aromatic N) is 1. The van der Waals surface area contributed by atoms with Crippen molar-refractivity contribution >= 4 is 0 Å². The van der Waals surface area contributed by atoms with Crippen LogP contribution in [-0.4, -0.2) is 28.5 Å². The molecule has 0 aromatic heterocycles. The van der Waals surface area contributed by atoms with E-state index in [0.29, 0.717) is 4.59 Å². The van der Waals surface area contributed by atoms with Gasteiger partial charge in [0, 0.05) is 12.8 Å². The van der Waals surface area contributed by atoms with Gasteiger partial charge in [0.15, 0.2) is 0 Å². The van der Waals surface area contributed by atoms with Gasteiger partial charge in [-0.05, 0) is 25.7 Å². The van der Waals surface area contributed by atoms with Gasteiger partial charge in [0.25, 0.3) is 0 Å². The summed E-state index contributed by atoms with van der Waals surface area (Å²) in [7, 11) is 0. The van der Waals surface area contributed by atoms with Crippen molar-refractivity contribution in [2.24, 2.45) is 5.84 Å². The molecule has 0 bridgehead atoms. The van der Waals surface area contributed by atoms with Gasteiger partial charge in [-0.1, -0.05) is 34.1 Å². The van der Waals surface area contributed by atoms with Crippen molar-refractivity contribution in [3.63, 3.8) is 0 Å². The summed E-state index contributed by atoms with van der Waals surface area (Å²) in [6, 6.07) is 0. The largest absolute Gasteiger partial charge is 0.341 e. The highest BCUT2D eigenvalue weighted by Crippen LogP contribution is 2.28. The average molecular weight is 245 g/mol. The topological polar surface area (TPSA) is 46.2 Å². The van der Waals surface area contributed by atoms with Crippen LogP contribution in [0.1, 0.15) is 72.6 Å². The van der Waals surface area contributed by atoms with E-state index in [-0.39, 0.29) is 0 Å². The van der Waals surface area contributed by atoms with Gasteiger partial charge in [-0.3, -0.25) is 0 Å². The van der Waals surface area contributed by atoms with E-state index in [2.05, 4.69) is 20.8 Å². The summed E-state index contributed by atoms with van der Waals surface area (Å²) in [4.78, 5) is 0. The summed E-state index contributed by atoms with van der Waals surface area (Å²) in [5.74, 6) is 6.51. The standard InChI is InChI=1S/C14H33N2O/c1-5-9-10-13-16(15,12-7-3)14(17,8-4)11-6-2/h17H,5-13,15H2,1-4H3/q+1. The quantitative estimate of drug-likeness (QED) is 0.204. The minimum atomic E-state index is -0.738. The van der Waals surface area contributed by atoms with Crippen molar-refractivity contribution in [2.45, 2.75) is 78.4 Å². The second-order valence-electron chi connectivity index (χ2n) is 5.27. The van der Waals surface area contributed by atoms with E-state index in [4.69, 9.17) is 5.84 Å². The molecule has 0 amide bonds. The lowest BCUT2D eigenvalue weighted by Crippen LogP contribution is -2.69. The van der Waals surface area contributed by atoms with E-state index >= 15 is 0 Å². The number of unbranched alkanes of at least 4 members (excludes halogenated alkanes) is 2. The lowest BCUT2D eigenvalue weighted by molar-refractivity contribution is -1.01. The molecule has 2 unspecified atom stereocenters. The molecule has 0 saturated carbocycles. The Balaban J connectivity index is 4.73. The van der Waals surface area contributed by atoms with E-state index in [1.165, 1.54) is 12.8 Å². The Morgan fingerprint density at radius 3 is 2.00 bits per heavy atom. The molecule has 0 fully saturated rings. The highest BCUT2D eigenvalue weighted by atomic mass is 16.3. The second kappa shape index (κ2) is 8.06. The van der Waals surface area contributed by atoms with Crippen LogP contribution in [0.15, 0.2) is 0 Å². The summed E-state index contributed by atoms with van der Waals surface area (Å²) in [6.07, 6.45) is 7.06. The van der Waals surface area contributed by atoms with E-state index in [0.717, 1.165) is 45.2 Å². The van der Waals surface area contributed by atoms with Crippen molar-refractivity contribution in [1.82, 2.24) is 0 Å². The zero-order chi connectivity index (χ0) is 13.4. The first-order valence-corrected chi connectivity index (χ1v) is 7.37. The number of hydrogen-bond donors (Lipinski definition) is 2. The predicted molar refractivity (Wildman–Crippen MR) is 74.1 cm³/mol. The highest BCUT2D eigenvalue weighted by molar-refractivity contribution is 4.66. The minimum Gasteiger partial charge on any atom is -0.341 e. The number of aliphatic hydroxyl groups is 1. The summed E-state index contributed by atoms with van der Waals surface area (Å²) in [5.41, 5.74) is -0.738. The number of hydrogen-bond acceptors (Lipinski definition) is 2. The fourth-order valence-corrected chi connectivity index (χ4v) is 2.69. The monoisotopic (exact) mass is 245 g/mol. The average Bonchev–Trinajstić information content (AvgIpc) is 2.30. The van der Waals surface area contributed by atoms with Crippen LogP contribution in [0.25, 0.3) is 0 Å². The Morgan fingerprint density at radius 2 is 1.59 bits per heavy atom. The molecule has 2 atom stereocenters. The Labute approximate surface area is 108 Å². The Kier molecular flexibility index (Phi) is 8.01. The molecule has 0 aliphatic carbocycles. The van der Waals surface area contributed by atoms with Crippen LogP contribution in [0.5, 0.6) is 0 Å². The van der Waals surface area contributed by atoms with Gasteiger partial charge in [0.2, 0.25) is 5.72 Å². The molecule has 104 valence electrons. The molecule has 3 nitrogen and oxygen atoms in total. The van der Waals surface area contributed by atoms with E-state index in [9.17, 15) is 5.11 Å². The maximum absolute atomic E-state index is 10.8. The maximum atomic E-state index is 10.8. The number of rotatable bonds is 10. The second-order valence-corrected chi connectivity index (χ2v) is 5.27. The van der Waals surface area contributed by atoms with Crippen LogP contribution in [-0.2, 0) is 0 Å². The molecule has 0 spiro atoms. The fraction of sp³-hybridized carbons (Fsp3) is 1.00. The first-order chi connectivity index (χ1) is 7.99. The smallest absolute Gasteiger partial charge is 0.217 e. The molecule has 17 heavy (non-hydrogen) atoms. The lowest BCUT2D eigenvalue weighted by Gasteiger charge is -2.46. The van der Waals surface area contributed by atoms with Crippen LogP contribution >= 0.6 is 0 Å². The highest BCUT2D eigenvalue weighted by Gasteiger charge is 2.44. The van der Waals surface area contributed by atoms with Crippen LogP contribution in [0.3, 0.4) is 0 Å². The third-order valence-electron chi connectivity index (χ3n) is 3.83. The summed E-state index contributed by atoms with van der Waals surface area (Å²) >= 11 is 0. The zero-order valence-electron chi connectivity index (χ0n) is 12.3. The molecule has 0 heterocycles. The first kappa shape index (κ1) is 16.9. The van der Waals surface area contributed by atoms with E-state index in [1.807, 2.05) is 6.92 Å². The van der Waals surface area contributed by atoms with Gasteiger partial charge < -0.3 is 5.11 Å². The molecule has 0 aliphatic rings. The molecular weight excluding hydrogens is 212 g/mol. The van der Waals surface area contributed by atoms with Gasteiger partial charge >= 0.3 is 0 Å². The van der Waals surface area contributed by atoms with E-state index < -0.39 is 5.72 Å². The summed E-state index contributed by atoms with van der Waals surface area (Å²) in [5, 5.41) is 10.8. The molecule has 3 heteroatoms. The third kappa shape index (κ3) is 4.57. The molecule has 0 rings (SSSR count). The van der Waals surface area contributed by atoms with Crippen LogP contribution < -0.4 is 5.84 Å². The summed E-state index contributed by atoms with van der Waals surface area (Å²) < 4.78 is 0.341. The van der Waals surface area contributed by atoms with Crippen molar-refractivity contribution in [3.05, 3.63) is 0 Å². The fourth-order valence-electron chi connectivity index (χ4n) is 2.69. The third-order valence-corrected chi connectivity index (χ3v) is 3.83. The molecule has 0 aromatic rings. The Bertz CT molecular complexity index is 199. The van der Waals surface area contributed by atoms with Crippen LogP contribution in [0.2, 0.25) is 0 Å². The van der Waals surface area contributed by atoms with E-state index in [1.54, 1.807) is 0 Å². The predicted octanol–water partition coefficient (Wildman–Crippen LogP) is 3.18. The molecular formula is C14H33N2O+. The van der Waals surface area contributed by atoms with Crippen molar-refractivity contribution in [3.8, 4) is 0 Å². The Morgan fingerprint density at radius 1 is 0.941 bits per heavy atom.